The molecule has 116 valence electrons. The highest BCUT2D eigenvalue weighted by Crippen LogP contribution is 2.24. The second-order valence-corrected chi connectivity index (χ2v) is 5.58. The predicted octanol–water partition coefficient (Wildman–Crippen LogP) is 3.93. The molecule has 0 saturated carbocycles. The van der Waals surface area contributed by atoms with Crippen LogP contribution in [0, 0.1) is 0 Å². The lowest BCUT2D eigenvalue weighted by Gasteiger charge is -2.08. The number of nitrogens with one attached hydrogen (secondary N) is 2. The summed E-state index contributed by atoms with van der Waals surface area (Å²) in [5.74, 6) is -0.182. The van der Waals surface area contributed by atoms with E-state index in [9.17, 15) is 9.59 Å². The standard InChI is InChI=1S/C20H14N2O2/c23-19(13-6-2-1-3-7-13)21-14-10-11-16-15-8-4-5-9-17(15)20(24)22-18(16)12-14/h1-12H,(H,21,23)(H,22,24). The summed E-state index contributed by atoms with van der Waals surface area (Å²) >= 11 is 0. The van der Waals surface area contributed by atoms with Crippen LogP contribution in [0.5, 0.6) is 0 Å². The Morgan fingerprint density at radius 1 is 0.792 bits per heavy atom. The van der Waals surface area contributed by atoms with Gasteiger partial charge in [0.25, 0.3) is 11.5 Å². The zero-order valence-corrected chi connectivity index (χ0v) is 12.7. The minimum Gasteiger partial charge on any atom is -0.322 e. The van der Waals surface area contributed by atoms with Crippen LogP contribution >= 0.6 is 0 Å². The number of aromatic nitrogens is 1. The zero-order chi connectivity index (χ0) is 16.5. The molecular weight excluding hydrogens is 300 g/mol. The molecule has 4 heteroatoms. The lowest BCUT2D eigenvalue weighted by atomic mass is 10.1. The third-order valence-electron chi connectivity index (χ3n) is 4.02. The quantitative estimate of drug-likeness (QED) is 0.551. The van der Waals surface area contributed by atoms with Crippen molar-refractivity contribution in [2.24, 2.45) is 0 Å². The smallest absolute Gasteiger partial charge is 0.256 e. The summed E-state index contributed by atoms with van der Waals surface area (Å²) < 4.78 is 0. The molecule has 1 aromatic heterocycles. The molecule has 0 aliphatic carbocycles. The summed E-state index contributed by atoms with van der Waals surface area (Å²) in [6, 6.07) is 22.0. The Bertz CT molecular complexity index is 1110. The molecule has 1 heterocycles. The molecule has 4 rings (SSSR count). The molecule has 4 nitrogen and oxygen atoms in total. The number of rotatable bonds is 2. The summed E-state index contributed by atoms with van der Waals surface area (Å²) in [5, 5.41) is 5.36. The number of benzene rings is 3. The van der Waals surface area contributed by atoms with E-state index < -0.39 is 0 Å². The maximum atomic E-state index is 12.2. The van der Waals surface area contributed by atoms with Gasteiger partial charge in [-0.25, -0.2) is 0 Å². The van der Waals surface area contributed by atoms with Crippen LogP contribution in [0.4, 0.5) is 5.69 Å². The molecule has 3 aromatic carbocycles. The first-order valence-corrected chi connectivity index (χ1v) is 7.63. The molecule has 0 radical (unpaired) electrons. The van der Waals surface area contributed by atoms with Crippen LogP contribution in [0.3, 0.4) is 0 Å². The van der Waals surface area contributed by atoms with E-state index in [1.165, 1.54) is 0 Å². The first-order valence-electron chi connectivity index (χ1n) is 7.63. The largest absolute Gasteiger partial charge is 0.322 e. The number of anilines is 1. The van der Waals surface area contributed by atoms with Gasteiger partial charge in [-0.05, 0) is 35.7 Å². The van der Waals surface area contributed by atoms with Crippen LogP contribution in [-0.4, -0.2) is 10.9 Å². The number of hydrogen-bond acceptors (Lipinski definition) is 2. The van der Waals surface area contributed by atoms with Crippen LogP contribution in [0.25, 0.3) is 21.7 Å². The molecule has 1 amide bonds. The number of amides is 1. The number of aromatic amines is 1. The SMILES string of the molecule is O=C(Nc1ccc2c(c1)[nH]c(=O)c1ccccc12)c1ccccc1. The van der Waals surface area contributed by atoms with E-state index in [0.29, 0.717) is 22.2 Å². The highest BCUT2D eigenvalue weighted by Gasteiger charge is 2.08. The summed E-state index contributed by atoms with van der Waals surface area (Å²) in [7, 11) is 0. The Morgan fingerprint density at radius 2 is 1.50 bits per heavy atom. The zero-order valence-electron chi connectivity index (χ0n) is 12.7. The summed E-state index contributed by atoms with van der Waals surface area (Å²) in [4.78, 5) is 27.3. The number of pyridine rings is 1. The van der Waals surface area contributed by atoms with E-state index in [4.69, 9.17) is 0 Å². The van der Waals surface area contributed by atoms with Gasteiger partial charge < -0.3 is 10.3 Å². The third kappa shape index (κ3) is 2.44. The van der Waals surface area contributed by atoms with Crippen molar-refractivity contribution >= 4 is 33.3 Å². The lowest BCUT2D eigenvalue weighted by Crippen LogP contribution is -2.12. The lowest BCUT2D eigenvalue weighted by molar-refractivity contribution is 0.102. The van der Waals surface area contributed by atoms with Crippen molar-refractivity contribution in [2.75, 3.05) is 5.32 Å². The fraction of sp³-hybridized carbons (Fsp3) is 0. The normalized spacial score (nSPS) is 10.8. The highest BCUT2D eigenvalue weighted by molar-refractivity contribution is 6.08. The van der Waals surface area contributed by atoms with Gasteiger partial charge in [0.1, 0.15) is 0 Å². The first-order chi connectivity index (χ1) is 11.7. The van der Waals surface area contributed by atoms with E-state index >= 15 is 0 Å². The van der Waals surface area contributed by atoms with Gasteiger partial charge >= 0.3 is 0 Å². The Morgan fingerprint density at radius 3 is 2.29 bits per heavy atom. The minimum absolute atomic E-state index is 0.135. The van der Waals surface area contributed by atoms with Gasteiger partial charge in [-0.3, -0.25) is 9.59 Å². The number of carbonyl (C=O) groups excluding carboxylic acids is 1. The van der Waals surface area contributed by atoms with E-state index in [1.807, 2.05) is 48.5 Å². The molecule has 0 bridgehead atoms. The van der Waals surface area contributed by atoms with Crippen LogP contribution < -0.4 is 10.9 Å². The molecule has 0 aliphatic heterocycles. The van der Waals surface area contributed by atoms with Crippen LogP contribution in [0.15, 0.2) is 77.6 Å². The van der Waals surface area contributed by atoms with Gasteiger partial charge in [-0.2, -0.15) is 0 Å². The van der Waals surface area contributed by atoms with Crippen LogP contribution in [-0.2, 0) is 0 Å². The monoisotopic (exact) mass is 314 g/mol. The van der Waals surface area contributed by atoms with Crippen molar-refractivity contribution in [3.63, 3.8) is 0 Å². The molecule has 2 N–H and O–H groups in total. The van der Waals surface area contributed by atoms with Crippen molar-refractivity contribution in [3.8, 4) is 0 Å². The van der Waals surface area contributed by atoms with Crippen LogP contribution in [0.1, 0.15) is 10.4 Å². The second kappa shape index (κ2) is 5.66. The molecule has 4 aromatic rings. The van der Waals surface area contributed by atoms with Gasteiger partial charge in [0.05, 0.1) is 5.52 Å². The highest BCUT2D eigenvalue weighted by atomic mass is 16.1. The molecular formula is C20H14N2O2. The summed E-state index contributed by atoms with van der Waals surface area (Å²) in [6.07, 6.45) is 0. The summed E-state index contributed by atoms with van der Waals surface area (Å²) in [6.45, 7) is 0. The average molecular weight is 314 g/mol. The Labute approximate surface area is 137 Å². The molecule has 0 spiro atoms. The van der Waals surface area contributed by atoms with Gasteiger partial charge in [0.2, 0.25) is 0 Å². The maximum Gasteiger partial charge on any atom is 0.256 e. The number of hydrogen-bond donors (Lipinski definition) is 2. The van der Waals surface area contributed by atoms with Crippen LogP contribution in [0.2, 0.25) is 0 Å². The van der Waals surface area contributed by atoms with Gasteiger partial charge in [-0.15, -0.1) is 0 Å². The van der Waals surface area contributed by atoms with E-state index in [2.05, 4.69) is 10.3 Å². The van der Waals surface area contributed by atoms with Crippen molar-refractivity contribution in [1.29, 1.82) is 0 Å². The molecule has 24 heavy (non-hydrogen) atoms. The van der Waals surface area contributed by atoms with Crippen molar-refractivity contribution in [2.45, 2.75) is 0 Å². The van der Waals surface area contributed by atoms with Crippen molar-refractivity contribution < 1.29 is 4.79 Å². The van der Waals surface area contributed by atoms with E-state index in [0.717, 1.165) is 10.8 Å². The number of carbonyl (C=O) groups is 1. The van der Waals surface area contributed by atoms with E-state index in [-0.39, 0.29) is 11.5 Å². The predicted molar refractivity (Wildman–Crippen MR) is 96.5 cm³/mol. The van der Waals surface area contributed by atoms with Gasteiger partial charge in [0.15, 0.2) is 0 Å². The number of fused-ring (bicyclic) bond motifs is 3. The Hall–Kier alpha value is -3.40. The molecule has 0 unspecified atom stereocenters. The third-order valence-corrected chi connectivity index (χ3v) is 4.02. The Kier molecular flexibility index (Phi) is 3.35. The first kappa shape index (κ1) is 14.2. The molecule has 0 aliphatic rings. The van der Waals surface area contributed by atoms with E-state index in [1.54, 1.807) is 24.3 Å². The summed E-state index contributed by atoms with van der Waals surface area (Å²) in [5.41, 5.74) is 1.79. The molecule has 0 fully saturated rings. The maximum absolute atomic E-state index is 12.2. The number of H-pyrrole nitrogens is 1. The second-order valence-electron chi connectivity index (χ2n) is 5.58. The minimum atomic E-state index is -0.182. The molecule has 0 atom stereocenters. The van der Waals surface area contributed by atoms with Gasteiger partial charge in [0, 0.05) is 22.0 Å². The van der Waals surface area contributed by atoms with Crippen molar-refractivity contribution in [3.05, 3.63) is 88.7 Å². The van der Waals surface area contributed by atoms with Crippen molar-refractivity contribution in [1.82, 2.24) is 4.98 Å². The van der Waals surface area contributed by atoms with Gasteiger partial charge in [-0.1, -0.05) is 42.5 Å². The fourth-order valence-electron chi connectivity index (χ4n) is 2.86. The average Bonchev–Trinajstić information content (AvgIpc) is 2.62. The fourth-order valence-corrected chi connectivity index (χ4v) is 2.86. The molecule has 0 saturated heterocycles. The topological polar surface area (TPSA) is 62.0 Å². The Balaban J connectivity index is 1.78.